The number of rotatable bonds is 8. The Kier molecular flexibility index (Phi) is 7.07. The molecule has 0 spiro atoms. The molecule has 2 heteroatoms. The highest BCUT2D eigenvalue weighted by atomic mass is 19.1. The Bertz CT molecular complexity index is 358. The second-order valence-corrected chi connectivity index (χ2v) is 5.73. The van der Waals surface area contributed by atoms with Crippen molar-refractivity contribution in [3.63, 3.8) is 0 Å². The van der Waals surface area contributed by atoms with Gasteiger partial charge in [0.1, 0.15) is 5.82 Å². The van der Waals surface area contributed by atoms with Gasteiger partial charge in [0.25, 0.3) is 0 Å². The predicted octanol–water partition coefficient (Wildman–Crippen LogP) is 4.73. The lowest BCUT2D eigenvalue weighted by atomic mass is 9.86. The molecular weight excluding hydrogens is 237 g/mol. The van der Waals surface area contributed by atoms with Crippen LogP contribution >= 0.6 is 0 Å². The van der Waals surface area contributed by atoms with Crippen LogP contribution in [-0.4, -0.2) is 12.6 Å². The Labute approximate surface area is 117 Å². The summed E-state index contributed by atoms with van der Waals surface area (Å²) < 4.78 is 13.4. The molecule has 0 saturated heterocycles. The van der Waals surface area contributed by atoms with E-state index in [0.717, 1.165) is 24.4 Å². The number of halogens is 1. The SMILES string of the molecule is CCC(CC)CC(CNC(C)C)c1cccc(F)c1. The van der Waals surface area contributed by atoms with E-state index in [1.807, 2.05) is 6.07 Å². The minimum atomic E-state index is -0.128. The average Bonchev–Trinajstić information content (AvgIpc) is 2.39. The Morgan fingerprint density at radius 3 is 2.37 bits per heavy atom. The lowest BCUT2D eigenvalue weighted by Crippen LogP contribution is -2.29. The van der Waals surface area contributed by atoms with Gasteiger partial charge in [-0.3, -0.25) is 0 Å². The molecule has 0 bridgehead atoms. The summed E-state index contributed by atoms with van der Waals surface area (Å²) in [6.07, 6.45) is 3.53. The maximum absolute atomic E-state index is 13.4. The van der Waals surface area contributed by atoms with E-state index in [1.54, 1.807) is 6.07 Å². The van der Waals surface area contributed by atoms with Gasteiger partial charge < -0.3 is 5.32 Å². The van der Waals surface area contributed by atoms with Gasteiger partial charge in [0.15, 0.2) is 0 Å². The summed E-state index contributed by atoms with van der Waals surface area (Å²) in [7, 11) is 0. The lowest BCUT2D eigenvalue weighted by Gasteiger charge is -2.24. The molecular formula is C17H28FN. The lowest BCUT2D eigenvalue weighted by molar-refractivity contribution is 0.390. The van der Waals surface area contributed by atoms with E-state index < -0.39 is 0 Å². The maximum Gasteiger partial charge on any atom is 0.123 e. The van der Waals surface area contributed by atoms with Gasteiger partial charge in [-0.25, -0.2) is 4.39 Å². The molecule has 1 aromatic carbocycles. The van der Waals surface area contributed by atoms with Crippen LogP contribution in [0.2, 0.25) is 0 Å². The summed E-state index contributed by atoms with van der Waals surface area (Å²) in [4.78, 5) is 0. The van der Waals surface area contributed by atoms with E-state index in [0.29, 0.717) is 12.0 Å². The van der Waals surface area contributed by atoms with Crippen LogP contribution in [0.15, 0.2) is 24.3 Å². The van der Waals surface area contributed by atoms with Crippen LogP contribution in [-0.2, 0) is 0 Å². The minimum Gasteiger partial charge on any atom is -0.314 e. The molecule has 0 radical (unpaired) electrons. The van der Waals surface area contributed by atoms with Gasteiger partial charge in [0, 0.05) is 12.6 Å². The molecule has 0 fully saturated rings. The zero-order valence-corrected chi connectivity index (χ0v) is 12.7. The molecule has 19 heavy (non-hydrogen) atoms. The Hall–Kier alpha value is -0.890. The van der Waals surface area contributed by atoms with Crippen LogP contribution in [0.3, 0.4) is 0 Å². The molecule has 0 aliphatic carbocycles. The number of hydrogen-bond donors (Lipinski definition) is 1. The third-order valence-electron chi connectivity index (χ3n) is 3.87. The van der Waals surface area contributed by atoms with E-state index in [9.17, 15) is 4.39 Å². The first-order chi connectivity index (χ1) is 9.06. The van der Waals surface area contributed by atoms with E-state index >= 15 is 0 Å². The zero-order valence-electron chi connectivity index (χ0n) is 12.7. The Balaban J connectivity index is 2.78. The molecule has 0 aliphatic rings. The van der Waals surface area contributed by atoms with Crippen LogP contribution in [0.4, 0.5) is 4.39 Å². The molecule has 1 unspecified atom stereocenters. The molecule has 1 N–H and O–H groups in total. The second-order valence-electron chi connectivity index (χ2n) is 5.73. The fourth-order valence-corrected chi connectivity index (χ4v) is 2.50. The number of nitrogens with one attached hydrogen (secondary N) is 1. The van der Waals surface area contributed by atoms with Gasteiger partial charge in [-0.2, -0.15) is 0 Å². The van der Waals surface area contributed by atoms with Crippen molar-refractivity contribution in [3.05, 3.63) is 35.6 Å². The average molecular weight is 265 g/mol. The zero-order chi connectivity index (χ0) is 14.3. The van der Waals surface area contributed by atoms with Crippen molar-refractivity contribution in [1.82, 2.24) is 5.32 Å². The summed E-state index contributed by atoms with van der Waals surface area (Å²) in [5.41, 5.74) is 1.13. The fraction of sp³-hybridized carbons (Fsp3) is 0.647. The van der Waals surface area contributed by atoms with Crippen molar-refractivity contribution < 1.29 is 4.39 Å². The maximum atomic E-state index is 13.4. The van der Waals surface area contributed by atoms with Crippen LogP contribution in [0.1, 0.15) is 58.4 Å². The van der Waals surface area contributed by atoms with Gasteiger partial charge in [0.2, 0.25) is 0 Å². The minimum absolute atomic E-state index is 0.128. The van der Waals surface area contributed by atoms with Crippen molar-refractivity contribution in [3.8, 4) is 0 Å². The largest absolute Gasteiger partial charge is 0.314 e. The van der Waals surface area contributed by atoms with Crippen LogP contribution < -0.4 is 5.32 Å². The molecule has 0 heterocycles. The molecule has 1 nitrogen and oxygen atoms in total. The molecule has 0 aliphatic heterocycles. The Morgan fingerprint density at radius 1 is 1.16 bits per heavy atom. The Morgan fingerprint density at radius 2 is 1.84 bits per heavy atom. The van der Waals surface area contributed by atoms with Crippen molar-refractivity contribution in [2.24, 2.45) is 5.92 Å². The summed E-state index contributed by atoms with van der Waals surface area (Å²) in [5.74, 6) is 1.00. The quantitative estimate of drug-likeness (QED) is 0.716. The fourth-order valence-electron chi connectivity index (χ4n) is 2.50. The van der Waals surface area contributed by atoms with Crippen LogP contribution in [0, 0.1) is 11.7 Å². The van der Waals surface area contributed by atoms with Crippen molar-refractivity contribution in [2.75, 3.05) is 6.54 Å². The molecule has 0 saturated carbocycles. The standard InChI is InChI=1S/C17H28FN/c1-5-14(6-2)10-16(12-19-13(3)4)15-8-7-9-17(18)11-15/h7-9,11,13-14,16,19H,5-6,10,12H2,1-4H3. The van der Waals surface area contributed by atoms with E-state index in [4.69, 9.17) is 0 Å². The number of benzene rings is 1. The van der Waals surface area contributed by atoms with Gasteiger partial charge in [-0.05, 0) is 36.0 Å². The molecule has 0 amide bonds. The van der Waals surface area contributed by atoms with Crippen LogP contribution in [0.25, 0.3) is 0 Å². The van der Waals surface area contributed by atoms with Crippen molar-refractivity contribution in [2.45, 2.75) is 58.9 Å². The monoisotopic (exact) mass is 265 g/mol. The third kappa shape index (κ3) is 5.73. The third-order valence-corrected chi connectivity index (χ3v) is 3.87. The van der Waals surface area contributed by atoms with Crippen LogP contribution in [0.5, 0.6) is 0 Å². The summed E-state index contributed by atoms with van der Waals surface area (Å²) >= 11 is 0. The molecule has 108 valence electrons. The van der Waals surface area contributed by atoms with Gasteiger partial charge in [-0.15, -0.1) is 0 Å². The topological polar surface area (TPSA) is 12.0 Å². The van der Waals surface area contributed by atoms with Crippen molar-refractivity contribution in [1.29, 1.82) is 0 Å². The first kappa shape index (κ1) is 16.2. The molecule has 1 atom stereocenters. The predicted molar refractivity (Wildman–Crippen MR) is 81.0 cm³/mol. The van der Waals surface area contributed by atoms with E-state index in [-0.39, 0.29) is 5.82 Å². The molecule has 1 rings (SSSR count). The summed E-state index contributed by atoms with van der Waals surface area (Å²) in [6.45, 7) is 9.72. The normalized spacial score (nSPS) is 13.2. The van der Waals surface area contributed by atoms with Gasteiger partial charge in [0.05, 0.1) is 0 Å². The molecule has 0 aromatic heterocycles. The van der Waals surface area contributed by atoms with Crippen molar-refractivity contribution >= 4 is 0 Å². The smallest absolute Gasteiger partial charge is 0.123 e. The first-order valence-corrected chi connectivity index (χ1v) is 7.55. The van der Waals surface area contributed by atoms with E-state index in [1.165, 1.54) is 18.9 Å². The highest BCUT2D eigenvalue weighted by Gasteiger charge is 2.17. The van der Waals surface area contributed by atoms with Gasteiger partial charge >= 0.3 is 0 Å². The second kappa shape index (κ2) is 8.31. The summed E-state index contributed by atoms with van der Waals surface area (Å²) in [5, 5.41) is 3.49. The summed E-state index contributed by atoms with van der Waals surface area (Å²) in [6, 6.07) is 7.55. The highest BCUT2D eigenvalue weighted by molar-refractivity contribution is 5.21. The number of hydrogen-bond acceptors (Lipinski definition) is 1. The highest BCUT2D eigenvalue weighted by Crippen LogP contribution is 2.27. The molecule has 1 aromatic rings. The van der Waals surface area contributed by atoms with Gasteiger partial charge in [-0.1, -0.05) is 52.7 Å². The van der Waals surface area contributed by atoms with E-state index in [2.05, 4.69) is 39.1 Å². The first-order valence-electron chi connectivity index (χ1n) is 7.55.